The van der Waals surface area contributed by atoms with Crippen molar-refractivity contribution < 1.29 is 14.7 Å². The standard InChI is InChI=1S/C20H25N3O3/c1-13-4-5-17-15(11-13)16(19(21-17)20(25)26)12-22-9-6-14(7-10-22)23-8-2-3-18(23)24/h4-5,11,14,21H,2-3,6-10,12H2,1H3,(H,25,26). The molecule has 2 N–H and O–H groups in total. The van der Waals surface area contributed by atoms with E-state index in [1.807, 2.05) is 19.1 Å². The van der Waals surface area contributed by atoms with Crippen molar-refractivity contribution >= 4 is 22.8 Å². The molecule has 2 aliphatic rings. The Labute approximate surface area is 152 Å². The highest BCUT2D eigenvalue weighted by Gasteiger charge is 2.31. The molecule has 0 radical (unpaired) electrons. The van der Waals surface area contributed by atoms with Crippen LogP contribution in [-0.4, -0.2) is 57.4 Å². The second-order valence-corrected chi connectivity index (χ2v) is 7.53. The largest absolute Gasteiger partial charge is 0.477 e. The van der Waals surface area contributed by atoms with Crippen LogP contribution in [0.15, 0.2) is 18.2 Å². The van der Waals surface area contributed by atoms with E-state index >= 15 is 0 Å². The minimum absolute atomic E-state index is 0.294. The summed E-state index contributed by atoms with van der Waals surface area (Å²) in [6.07, 6.45) is 3.61. The number of nitrogens with zero attached hydrogens (tertiary/aromatic N) is 2. The van der Waals surface area contributed by atoms with Crippen LogP contribution in [0.4, 0.5) is 0 Å². The predicted molar refractivity (Wildman–Crippen MR) is 99.2 cm³/mol. The molecule has 1 amide bonds. The van der Waals surface area contributed by atoms with Crippen molar-refractivity contribution in [3.8, 4) is 0 Å². The molecule has 6 nitrogen and oxygen atoms in total. The second kappa shape index (κ2) is 6.76. The van der Waals surface area contributed by atoms with E-state index in [0.717, 1.165) is 60.9 Å². The third-order valence-corrected chi connectivity index (χ3v) is 5.77. The third-order valence-electron chi connectivity index (χ3n) is 5.77. The number of hydrogen-bond donors (Lipinski definition) is 2. The maximum Gasteiger partial charge on any atom is 0.352 e. The number of nitrogens with one attached hydrogen (secondary N) is 1. The van der Waals surface area contributed by atoms with Gasteiger partial charge in [0, 0.05) is 55.1 Å². The molecular formula is C20H25N3O3. The number of rotatable bonds is 4. The number of carboxylic acid groups (broad SMARTS) is 1. The van der Waals surface area contributed by atoms with Gasteiger partial charge in [0.25, 0.3) is 0 Å². The number of carboxylic acids is 1. The predicted octanol–water partition coefficient (Wildman–Crippen LogP) is 2.76. The number of carbonyl (C=O) groups is 2. The minimum atomic E-state index is -0.911. The van der Waals surface area contributed by atoms with Crippen molar-refractivity contribution in [3.05, 3.63) is 35.0 Å². The van der Waals surface area contributed by atoms with Crippen LogP contribution in [0, 0.1) is 6.92 Å². The molecule has 4 rings (SSSR count). The molecule has 0 atom stereocenters. The van der Waals surface area contributed by atoms with Gasteiger partial charge in [0.2, 0.25) is 5.91 Å². The van der Waals surface area contributed by atoms with Gasteiger partial charge < -0.3 is 15.0 Å². The smallest absolute Gasteiger partial charge is 0.352 e. The molecule has 3 heterocycles. The lowest BCUT2D eigenvalue weighted by Crippen LogP contribution is -2.45. The first-order valence-corrected chi connectivity index (χ1v) is 9.39. The normalized spacial score (nSPS) is 19.6. The van der Waals surface area contributed by atoms with Crippen molar-refractivity contribution in [1.82, 2.24) is 14.8 Å². The van der Waals surface area contributed by atoms with Gasteiger partial charge >= 0.3 is 5.97 Å². The molecule has 2 fully saturated rings. The van der Waals surface area contributed by atoms with Crippen molar-refractivity contribution in [1.29, 1.82) is 0 Å². The fourth-order valence-electron chi connectivity index (χ4n) is 4.38. The van der Waals surface area contributed by atoms with Crippen LogP contribution < -0.4 is 0 Å². The van der Waals surface area contributed by atoms with Crippen LogP contribution >= 0.6 is 0 Å². The second-order valence-electron chi connectivity index (χ2n) is 7.53. The lowest BCUT2D eigenvalue weighted by atomic mass is 10.0. The van der Waals surface area contributed by atoms with E-state index in [0.29, 0.717) is 30.6 Å². The van der Waals surface area contributed by atoms with E-state index in [2.05, 4.69) is 20.9 Å². The van der Waals surface area contributed by atoms with E-state index in [9.17, 15) is 14.7 Å². The molecule has 138 valence electrons. The van der Waals surface area contributed by atoms with Crippen LogP contribution in [0.1, 0.15) is 47.3 Å². The van der Waals surface area contributed by atoms with E-state index < -0.39 is 5.97 Å². The number of hydrogen-bond acceptors (Lipinski definition) is 3. The zero-order chi connectivity index (χ0) is 18.3. The SMILES string of the molecule is Cc1ccc2[nH]c(C(=O)O)c(CN3CCC(N4CCCC4=O)CC3)c2c1. The molecule has 2 saturated heterocycles. The van der Waals surface area contributed by atoms with Gasteiger partial charge in [0.1, 0.15) is 5.69 Å². The number of benzene rings is 1. The van der Waals surface area contributed by atoms with Gasteiger partial charge in [-0.25, -0.2) is 4.79 Å². The molecule has 0 bridgehead atoms. The van der Waals surface area contributed by atoms with Crippen LogP contribution in [0.25, 0.3) is 10.9 Å². The van der Waals surface area contributed by atoms with Gasteiger partial charge in [0.05, 0.1) is 0 Å². The summed E-state index contributed by atoms with van der Waals surface area (Å²) in [5, 5.41) is 10.6. The molecule has 2 aromatic rings. The number of carbonyl (C=O) groups excluding carboxylic acids is 1. The highest BCUT2D eigenvalue weighted by atomic mass is 16.4. The molecule has 0 spiro atoms. The Balaban J connectivity index is 1.51. The summed E-state index contributed by atoms with van der Waals surface area (Å²) in [4.78, 5) is 31.1. The number of likely N-dealkylation sites (tertiary alicyclic amines) is 2. The van der Waals surface area contributed by atoms with E-state index in [1.165, 1.54) is 0 Å². The highest BCUT2D eigenvalue weighted by Crippen LogP contribution is 2.28. The topological polar surface area (TPSA) is 76.6 Å². The highest BCUT2D eigenvalue weighted by molar-refractivity contribution is 5.97. The first-order chi connectivity index (χ1) is 12.5. The number of amides is 1. The zero-order valence-corrected chi connectivity index (χ0v) is 15.1. The summed E-state index contributed by atoms with van der Waals surface area (Å²) in [7, 11) is 0. The van der Waals surface area contributed by atoms with Crippen LogP contribution in [-0.2, 0) is 11.3 Å². The Morgan fingerprint density at radius 1 is 1.27 bits per heavy atom. The molecular weight excluding hydrogens is 330 g/mol. The van der Waals surface area contributed by atoms with Gasteiger partial charge in [-0.2, -0.15) is 0 Å². The van der Waals surface area contributed by atoms with Crippen molar-refractivity contribution in [2.75, 3.05) is 19.6 Å². The van der Waals surface area contributed by atoms with Crippen molar-refractivity contribution in [2.45, 2.75) is 45.2 Å². The molecule has 6 heteroatoms. The molecule has 0 saturated carbocycles. The van der Waals surface area contributed by atoms with Gasteiger partial charge in [-0.1, -0.05) is 11.6 Å². The monoisotopic (exact) mass is 355 g/mol. The van der Waals surface area contributed by atoms with E-state index in [-0.39, 0.29) is 0 Å². The summed E-state index contributed by atoms with van der Waals surface area (Å²) < 4.78 is 0. The van der Waals surface area contributed by atoms with Crippen LogP contribution in [0.3, 0.4) is 0 Å². The Hall–Kier alpha value is -2.34. The molecule has 0 unspecified atom stereocenters. The van der Waals surface area contributed by atoms with Gasteiger partial charge in [-0.15, -0.1) is 0 Å². The summed E-state index contributed by atoms with van der Waals surface area (Å²) in [6.45, 7) is 5.34. The van der Waals surface area contributed by atoms with Gasteiger partial charge in [0.15, 0.2) is 0 Å². The Morgan fingerprint density at radius 2 is 2.04 bits per heavy atom. The summed E-state index contributed by atoms with van der Waals surface area (Å²) >= 11 is 0. The maximum atomic E-state index is 12.0. The Bertz CT molecular complexity index is 849. The third kappa shape index (κ3) is 3.09. The average Bonchev–Trinajstić information content (AvgIpc) is 3.20. The van der Waals surface area contributed by atoms with Gasteiger partial charge in [-0.3, -0.25) is 9.69 Å². The van der Waals surface area contributed by atoms with Crippen molar-refractivity contribution in [3.63, 3.8) is 0 Å². The average molecular weight is 355 g/mol. The molecule has 2 aliphatic heterocycles. The first-order valence-electron chi connectivity index (χ1n) is 9.39. The maximum absolute atomic E-state index is 12.0. The summed E-state index contributed by atoms with van der Waals surface area (Å²) in [5.41, 5.74) is 3.16. The molecule has 1 aromatic carbocycles. The first kappa shape index (κ1) is 17.1. The van der Waals surface area contributed by atoms with Crippen molar-refractivity contribution in [2.24, 2.45) is 0 Å². The number of aromatic nitrogens is 1. The van der Waals surface area contributed by atoms with E-state index in [1.54, 1.807) is 0 Å². The Morgan fingerprint density at radius 3 is 2.69 bits per heavy atom. The van der Waals surface area contributed by atoms with Crippen LogP contribution in [0.5, 0.6) is 0 Å². The molecule has 0 aliphatic carbocycles. The van der Waals surface area contributed by atoms with Crippen LogP contribution in [0.2, 0.25) is 0 Å². The molecule has 1 aromatic heterocycles. The number of H-pyrrole nitrogens is 1. The number of aryl methyl sites for hydroxylation is 1. The number of piperidine rings is 1. The summed E-state index contributed by atoms with van der Waals surface area (Å²) in [6, 6.07) is 6.35. The lowest BCUT2D eigenvalue weighted by Gasteiger charge is -2.36. The summed E-state index contributed by atoms with van der Waals surface area (Å²) in [5.74, 6) is -0.616. The van der Waals surface area contributed by atoms with E-state index in [4.69, 9.17) is 0 Å². The fraction of sp³-hybridized carbons (Fsp3) is 0.500. The number of aromatic amines is 1. The Kier molecular flexibility index (Phi) is 4.44. The fourth-order valence-corrected chi connectivity index (χ4v) is 4.38. The number of fused-ring (bicyclic) bond motifs is 1. The quantitative estimate of drug-likeness (QED) is 0.884. The van der Waals surface area contributed by atoms with Gasteiger partial charge in [-0.05, 0) is 38.3 Å². The number of aromatic carboxylic acids is 1. The molecule has 26 heavy (non-hydrogen) atoms. The minimum Gasteiger partial charge on any atom is -0.477 e. The zero-order valence-electron chi connectivity index (χ0n) is 15.1. The lowest BCUT2D eigenvalue weighted by molar-refractivity contribution is -0.130.